The second-order valence-electron chi connectivity index (χ2n) is 6.89. The Kier molecular flexibility index (Phi) is 4.53. The monoisotopic (exact) mass is 366 g/mol. The zero-order valence-electron chi connectivity index (χ0n) is 15.4. The molecule has 0 spiro atoms. The van der Waals surface area contributed by atoms with Crippen LogP contribution in [0.4, 0.5) is 0 Å². The summed E-state index contributed by atoms with van der Waals surface area (Å²) in [7, 11) is 1.62. The number of fused-ring (bicyclic) bond motifs is 1. The SMILES string of the molecule is COCCN1CC(c2cc(=O)n3[nH]c(-c4ccccc4)c(C)c3n2)CC1=O. The molecule has 2 aromatic heterocycles. The first kappa shape index (κ1) is 17.5. The van der Waals surface area contributed by atoms with Crippen molar-refractivity contribution >= 4 is 11.6 Å². The van der Waals surface area contributed by atoms with Crippen LogP contribution in [0, 0.1) is 6.92 Å². The molecule has 1 atom stereocenters. The minimum absolute atomic E-state index is 0.0680. The van der Waals surface area contributed by atoms with Gasteiger partial charge in [-0.3, -0.25) is 14.7 Å². The number of nitrogens with one attached hydrogen (secondary N) is 1. The molecule has 0 bridgehead atoms. The van der Waals surface area contributed by atoms with E-state index in [1.807, 2.05) is 37.3 Å². The van der Waals surface area contributed by atoms with Gasteiger partial charge in [-0.15, -0.1) is 0 Å². The number of aryl methyl sites for hydroxylation is 1. The van der Waals surface area contributed by atoms with Crippen LogP contribution in [-0.2, 0) is 9.53 Å². The van der Waals surface area contributed by atoms with Crippen LogP contribution >= 0.6 is 0 Å². The van der Waals surface area contributed by atoms with Gasteiger partial charge in [0, 0.05) is 44.2 Å². The molecule has 3 heterocycles. The highest BCUT2D eigenvalue weighted by Crippen LogP contribution is 2.28. The topological polar surface area (TPSA) is 79.7 Å². The van der Waals surface area contributed by atoms with Gasteiger partial charge in [0.1, 0.15) is 0 Å². The molecule has 1 saturated heterocycles. The number of nitrogens with zero attached hydrogens (tertiary/aromatic N) is 3. The maximum Gasteiger partial charge on any atom is 0.272 e. The third kappa shape index (κ3) is 3.14. The number of benzene rings is 1. The number of aromatic amines is 1. The number of aromatic nitrogens is 3. The Hall–Kier alpha value is -2.93. The van der Waals surface area contributed by atoms with Crippen molar-refractivity contribution in [2.45, 2.75) is 19.3 Å². The molecule has 1 N–H and O–H groups in total. The van der Waals surface area contributed by atoms with E-state index in [4.69, 9.17) is 9.72 Å². The van der Waals surface area contributed by atoms with Gasteiger partial charge in [0.15, 0.2) is 5.65 Å². The highest BCUT2D eigenvalue weighted by Gasteiger charge is 2.32. The Morgan fingerprint density at radius 1 is 1.26 bits per heavy atom. The van der Waals surface area contributed by atoms with Gasteiger partial charge in [-0.2, -0.15) is 0 Å². The molecular formula is C20H22N4O3. The first-order chi connectivity index (χ1) is 13.1. The normalized spacial score (nSPS) is 17.2. The Labute approximate surface area is 156 Å². The van der Waals surface area contributed by atoms with E-state index in [0.717, 1.165) is 16.8 Å². The molecule has 27 heavy (non-hydrogen) atoms. The van der Waals surface area contributed by atoms with Gasteiger partial charge in [-0.1, -0.05) is 30.3 Å². The number of amides is 1. The van der Waals surface area contributed by atoms with E-state index in [1.54, 1.807) is 12.0 Å². The van der Waals surface area contributed by atoms with Crippen LogP contribution in [0.2, 0.25) is 0 Å². The molecule has 1 fully saturated rings. The van der Waals surface area contributed by atoms with E-state index in [9.17, 15) is 9.59 Å². The van der Waals surface area contributed by atoms with Crippen molar-refractivity contribution in [1.82, 2.24) is 19.5 Å². The number of methoxy groups -OCH3 is 1. The molecule has 1 aliphatic heterocycles. The Bertz CT molecular complexity index is 1040. The lowest BCUT2D eigenvalue weighted by Gasteiger charge is -2.15. The number of rotatable bonds is 5. The van der Waals surface area contributed by atoms with Crippen LogP contribution in [0.5, 0.6) is 0 Å². The van der Waals surface area contributed by atoms with Crippen molar-refractivity contribution in [1.29, 1.82) is 0 Å². The lowest BCUT2D eigenvalue weighted by molar-refractivity contribution is -0.128. The average molecular weight is 366 g/mol. The second-order valence-corrected chi connectivity index (χ2v) is 6.89. The predicted molar refractivity (Wildman–Crippen MR) is 102 cm³/mol. The number of carbonyl (C=O) groups is 1. The van der Waals surface area contributed by atoms with Crippen molar-refractivity contribution in [3.8, 4) is 11.3 Å². The standard InChI is InChI=1S/C20H22N4O3/c1-13-19(14-6-4-3-5-7-14)22-24-18(26)11-16(21-20(13)24)15-10-17(25)23(12-15)8-9-27-2/h3-7,11,15,22H,8-10,12H2,1-2H3. The van der Waals surface area contributed by atoms with Crippen molar-refractivity contribution < 1.29 is 9.53 Å². The van der Waals surface area contributed by atoms with Gasteiger partial charge in [0.05, 0.1) is 18.0 Å². The molecule has 1 aromatic carbocycles. The summed E-state index contributed by atoms with van der Waals surface area (Å²) in [4.78, 5) is 31.4. The Morgan fingerprint density at radius 2 is 2.04 bits per heavy atom. The third-order valence-electron chi connectivity index (χ3n) is 5.13. The van der Waals surface area contributed by atoms with E-state index in [1.165, 1.54) is 10.6 Å². The fourth-order valence-electron chi connectivity index (χ4n) is 3.65. The maximum atomic E-state index is 12.7. The number of carbonyl (C=O) groups excluding carboxylic acids is 1. The van der Waals surface area contributed by atoms with Crippen molar-refractivity contribution in [3.63, 3.8) is 0 Å². The molecular weight excluding hydrogens is 344 g/mol. The summed E-state index contributed by atoms with van der Waals surface area (Å²) in [6.07, 6.45) is 0.376. The maximum absolute atomic E-state index is 12.7. The van der Waals surface area contributed by atoms with Crippen LogP contribution in [0.1, 0.15) is 23.6 Å². The summed E-state index contributed by atoms with van der Waals surface area (Å²) < 4.78 is 6.54. The van der Waals surface area contributed by atoms with Gasteiger partial charge in [0.2, 0.25) is 5.91 Å². The third-order valence-corrected chi connectivity index (χ3v) is 5.13. The summed E-state index contributed by atoms with van der Waals surface area (Å²) in [5, 5.41) is 3.16. The lowest BCUT2D eigenvalue weighted by atomic mass is 10.0. The predicted octanol–water partition coefficient (Wildman–Crippen LogP) is 1.96. The molecule has 140 valence electrons. The number of H-pyrrole nitrogens is 1. The van der Waals surface area contributed by atoms with E-state index >= 15 is 0 Å². The number of hydrogen-bond donors (Lipinski definition) is 1. The highest BCUT2D eigenvalue weighted by atomic mass is 16.5. The van der Waals surface area contributed by atoms with Crippen LogP contribution in [0.3, 0.4) is 0 Å². The van der Waals surface area contributed by atoms with Crippen molar-refractivity contribution in [2.24, 2.45) is 0 Å². The number of likely N-dealkylation sites (tertiary alicyclic amines) is 1. The van der Waals surface area contributed by atoms with E-state index in [-0.39, 0.29) is 17.4 Å². The lowest BCUT2D eigenvalue weighted by Crippen LogP contribution is -2.28. The molecule has 1 aliphatic rings. The van der Waals surface area contributed by atoms with Crippen molar-refractivity contribution in [3.05, 3.63) is 58.0 Å². The van der Waals surface area contributed by atoms with Crippen LogP contribution < -0.4 is 5.56 Å². The molecule has 0 saturated carbocycles. The van der Waals surface area contributed by atoms with Crippen molar-refractivity contribution in [2.75, 3.05) is 26.8 Å². The minimum atomic E-state index is -0.164. The summed E-state index contributed by atoms with van der Waals surface area (Å²) in [5.74, 6) is 0.0105. The Morgan fingerprint density at radius 3 is 2.78 bits per heavy atom. The first-order valence-electron chi connectivity index (χ1n) is 9.03. The van der Waals surface area contributed by atoms with Gasteiger partial charge < -0.3 is 9.64 Å². The quantitative estimate of drug-likeness (QED) is 0.749. The molecule has 7 nitrogen and oxygen atoms in total. The van der Waals surface area contributed by atoms with Gasteiger partial charge >= 0.3 is 0 Å². The summed E-state index contributed by atoms with van der Waals surface area (Å²) in [5.41, 5.74) is 3.92. The fourth-order valence-corrected chi connectivity index (χ4v) is 3.65. The fraction of sp³-hybridized carbons (Fsp3) is 0.350. The largest absolute Gasteiger partial charge is 0.383 e. The molecule has 1 unspecified atom stereocenters. The zero-order chi connectivity index (χ0) is 19.0. The van der Waals surface area contributed by atoms with Crippen LogP contribution in [0.25, 0.3) is 16.9 Å². The molecule has 4 rings (SSSR count). The first-order valence-corrected chi connectivity index (χ1v) is 9.03. The summed E-state index contributed by atoms with van der Waals surface area (Å²) in [6, 6.07) is 11.4. The van der Waals surface area contributed by atoms with Gasteiger partial charge in [-0.25, -0.2) is 9.50 Å². The smallest absolute Gasteiger partial charge is 0.272 e. The van der Waals surface area contributed by atoms with Crippen LogP contribution in [-0.4, -0.2) is 52.2 Å². The number of ether oxygens (including phenoxy) is 1. The van der Waals surface area contributed by atoms with Crippen LogP contribution in [0.15, 0.2) is 41.2 Å². The molecule has 0 radical (unpaired) electrons. The molecule has 0 aliphatic carbocycles. The van der Waals surface area contributed by atoms with Gasteiger partial charge in [0.25, 0.3) is 5.56 Å². The molecule has 3 aromatic rings. The second kappa shape index (κ2) is 7.00. The highest BCUT2D eigenvalue weighted by molar-refractivity contribution is 5.79. The minimum Gasteiger partial charge on any atom is -0.383 e. The zero-order valence-corrected chi connectivity index (χ0v) is 15.4. The summed E-state index contributed by atoms with van der Waals surface area (Å²) in [6.45, 7) is 3.59. The van der Waals surface area contributed by atoms with Gasteiger partial charge in [-0.05, 0) is 12.5 Å². The van der Waals surface area contributed by atoms with E-state index < -0.39 is 0 Å². The number of hydrogen-bond acceptors (Lipinski definition) is 4. The summed E-state index contributed by atoms with van der Waals surface area (Å²) >= 11 is 0. The molecule has 1 amide bonds. The average Bonchev–Trinajstić information content (AvgIpc) is 3.21. The van der Waals surface area contributed by atoms with E-state index in [2.05, 4.69) is 5.10 Å². The van der Waals surface area contributed by atoms with E-state index in [0.29, 0.717) is 37.5 Å². The Balaban J connectivity index is 1.71. The molecule has 7 heteroatoms.